The molecule has 0 saturated heterocycles. The van der Waals surface area contributed by atoms with E-state index in [1.54, 1.807) is 18.5 Å². The maximum Gasteiger partial charge on any atom is 0.258 e. The van der Waals surface area contributed by atoms with Gasteiger partial charge >= 0.3 is 0 Å². The third-order valence-corrected chi connectivity index (χ3v) is 4.29. The van der Waals surface area contributed by atoms with Crippen molar-refractivity contribution in [3.63, 3.8) is 0 Å². The van der Waals surface area contributed by atoms with E-state index in [4.69, 9.17) is 10.5 Å². The van der Waals surface area contributed by atoms with Crippen molar-refractivity contribution in [2.75, 3.05) is 0 Å². The zero-order chi connectivity index (χ0) is 15.0. The molecule has 2 aromatic heterocycles. The van der Waals surface area contributed by atoms with Crippen LogP contribution < -0.4 is 10.5 Å². The van der Waals surface area contributed by atoms with E-state index in [2.05, 4.69) is 11.1 Å². The molecule has 3 aromatic rings. The number of thiophene rings is 1. The number of hydrogen-bond donors (Lipinski definition) is 1. The van der Waals surface area contributed by atoms with Crippen molar-refractivity contribution in [2.24, 2.45) is 5.73 Å². The van der Waals surface area contributed by atoms with E-state index in [0.717, 1.165) is 21.4 Å². The van der Waals surface area contributed by atoms with Crippen molar-refractivity contribution in [2.45, 2.75) is 13.8 Å². The molecule has 0 atom stereocenters. The number of carbonyl (C=O) groups excluding carboxylic acids is 1. The number of hydrogen-bond acceptors (Lipinski definition) is 4. The van der Waals surface area contributed by atoms with Gasteiger partial charge in [-0.05, 0) is 31.5 Å². The summed E-state index contributed by atoms with van der Waals surface area (Å²) in [4.78, 5) is 16.0. The zero-order valence-corrected chi connectivity index (χ0v) is 12.5. The van der Waals surface area contributed by atoms with Gasteiger partial charge in [-0.3, -0.25) is 9.78 Å². The average molecular weight is 298 g/mol. The van der Waals surface area contributed by atoms with E-state index >= 15 is 0 Å². The summed E-state index contributed by atoms with van der Waals surface area (Å²) in [5.74, 6) is 0.971. The number of ether oxygens (including phenoxy) is 1. The predicted octanol–water partition coefficient (Wildman–Crippen LogP) is 3.80. The molecule has 3 rings (SSSR count). The Hall–Kier alpha value is -2.40. The predicted molar refractivity (Wildman–Crippen MR) is 84.1 cm³/mol. The maximum absolute atomic E-state index is 11.3. The Morgan fingerprint density at radius 1 is 1.19 bits per heavy atom. The zero-order valence-electron chi connectivity index (χ0n) is 11.7. The maximum atomic E-state index is 11.3. The number of pyridine rings is 1. The van der Waals surface area contributed by atoms with Crippen LogP contribution in [0.2, 0.25) is 0 Å². The molecule has 1 amide bonds. The number of primary amides is 1. The smallest absolute Gasteiger partial charge is 0.258 e. The fraction of sp³-hybridized carbons (Fsp3) is 0.125. The molecule has 0 spiro atoms. The van der Waals surface area contributed by atoms with Crippen LogP contribution in [0.4, 0.5) is 0 Å². The summed E-state index contributed by atoms with van der Waals surface area (Å²) in [6.07, 6.45) is 3.36. The highest BCUT2D eigenvalue weighted by molar-refractivity contribution is 7.20. The normalized spacial score (nSPS) is 10.8. The Bertz CT molecular complexity index is 839. The second-order valence-corrected chi connectivity index (χ2v) is 5.98. The molecule has 0 aliphatic heterocycles. The number of nitrogens with two attached hydrogens (primary N) is 1. The molecule has 2 N–H and O–H groups in total. The Labute approximate surface area is 126 Å². The molecule has 1 aromatic carbocycles. The van der Waals surface area contributed by atoms with E-state index in [1.807, 2.05) is 26.0 Å². The summed E-state index contributed by atoms with van der Waals surface area (Å²) < 4.78 is 6.84. The third kappa shape index (κ3) is 2.60. The van der Waals surface area contributed by atoms with Crippen molar-refractivity contribution in [3.8, 4) is 11.5 Å². The monoisotopic (exact) mass is 298 g/mol. The van der Waals surface area contributed by atoms with Gasteiger partial charge in [0.15, 0.2) is 5.75 Å². The van der Waals surface area contributed by atoms with Gasteiger partial charge in [-0.15, -0.1) is 11.3 Å². The van der Waals surface area contributed by atoms with Gasteiger partial charge in [0, 0.05) is 11.6 Å². The van der Waals surface area contributed by atoms with Crippen LogP contribution in [0, 0.1) is 13.8 Å². The van der Waals surface area contributed by atoms with Gasteiger partial charge in [0.25, 0.3) is 5.91 Å². The van der Waals surface area contributed by atoms with Crippen molar-refractivity contribution < 1.29 is 9.53 Å². The van der Waals surface area contributed by atoms with Crippen LogP contribution in [0.5, 0.6) is 11.5 Å². The van der Waals surface area contributed by atoms with Crippen LogP contribution in [0.25, 0.3) is 10.1 Å². The first-order valence-electron chi connectivity index (χ1n) is 6.47. The minimum Gasteiger partial charge on any atom is -0.455 e. The Balaban J connectivity index is 2.06. The highest BCUT2D eigenvalue weighted by Crippen LogP contribution is 2.35. The van der Waals surface area contributed by atoms with Crippen molar-refractivity contribution >= 4 is 27.3 Å². The average Bonchev–Trinajstić information content (AvgIpc) is 2.87. The Kier molecular flexibility index (Phi) is 3.35. The fourth-order valence-electron chi connectivity index (χ4n) is 2.17. The Morgan fingerprint density at radius 3 is 2.71 bits per heavy atom. The SMILES string of the molecule is Cc1ccc(Oc2cncc3sc(C(N)=O)cc23)c(C)c1. The lowest BCUT2D eigenvalue weighted by Crippen LogP contribution is -2.08. The first-order valence-corrected chi connectivity index (χ1v) is 7.28. The van der Waals surface area contributed by atoms with Gasteiger partial charge < -0.3 is 10.5 Å². The van der Waals surface area contributed by atoms with Gasteiger partial charge in [0.1, 0.15) is 5.75 Å². The third-order valence-electron chi connectivity index (χ3n) is 3.20. The largest absolute Gasteiger partial charge is 0.455 e. The number of rotatable bonds is 3. The van der Waals surface area contributed by atoms with E-state index in [-0.39, 0.29) is 0 Å². The number of fused-ring (bicyclic) bond motifs is 1. The number of nitrogens with zero attached hydrogens (tertiary/aromatic N) is 1. The second kappa shape index (κ2) is 5.18. The van der Waals surface area contributed by atoms with Crippen molar-refractivity contribution in [1.29, 1.82) is 0 Å². The quantitative estimate of drug-likeness (QED) is 0.799. The highest BCUT2D eigenvalue weighted by Gasteiger charge is 2.12. The second-order valence-electron chi connectivity index (χ2n) is 4.90. The summed E-state index contributed by atoms with van der Waals surface area (Å²) in [6.45, 7) is 4.04. The lowest BCUT2D eigenvalue weighted by molar-refractivity contribution is 0.100. The molecule has 0 unspecified atom stereocenters. The van der Waals surface area contributed by atoms with Gasteiger partial charge in [0.05, 0.1) is 15.8 Å². The van der Waals surface area contributed by atoms with Crippen LogP contribution >= 0.6 is 11.3 Å². The lowest BCUT2D eigenvalue weighted by atomic mass is 10.1. The standard InChI is InChI=1S/C16H14N2O2S/c1-9-3-4-12(10(2)5-9)20-13-7-18-8-15-11(13)6-14(21-15)16(17)19/h3-8H,1-2H3,(H2,17,19). The summed E-state index contributed by atoms with van der Waals surface area (Å²) in [7, 11) is 0. The number of aryl methyl sites for hydroxylation is 2. The van der Waals surface area contributed by atoms with Crippen molar-refractivity contribution in [3.05, 3.63) is 52.7 Å². The molecule has 21 heavy (non-hydrogen) atoms. The van der Waals surface area contributed by atoms with Gasteiger partial charge in [-0.25, -0.2) is 0 Å². The molecular weight excluding hydrogens is 284 g/mol. The van der Waals surface area contributed by atoms with E-state index in [9.17, 15) is 4.79 Å². The molecule has 2 heterocycles. The summed E-state index contributed by atoms with van der Waals surface area (Å²) >= 11 is 1.32. The van der Waals surface area contributed by atoms with E-state index < -0.39 is 5.91 Å². The summed E-state index contributed by atoms with van der Waals surface area (Å²) in [6, 6.07) is 7.75. The van der Waals surface area contributed by atoms with Crippen LogP contribution in [0.15, 0.2) is 36.7 Å². The van der Waals surface area contributed by atoms with E-state index in [1.165, 1.54) is 16.9 Å². The summed E-state index contributed by atoms with van der Waals surface area (Å²) in [5, 5.41) is 0.851. The molecule has 0 saturated carbocycles. The van der Waals surface area contributed by atoms with Crippen LogP contribution in [0.3, 0.4) is 0 Å². The summed E-state index contributed by atoms with van der Waals surface area (Å²) in [5.41, 5.74) is 7.57. The molecule has 106 valence electrons. The number of amides is 1. The molecular formula is C16H14N2O2S. The Morgan fingerprint density at radius 2 is 2.00 bits per heavy atom. The molecule has 0 bridgehead atoms. The van der Waals surface area contributed by atoms with Gasteiger partial charge in [-0.2, -0.15) is 0 Å². The van der Waals surface area contributed by atoms with Crippen LogP contribution in [0.1, 0.15) is 20.8 Å². The molecule has 0 fully saturated rings. The van der Waals surface area contributed by atoms with Crippen LogP contribution in [-0.2, 0) is 0 Å². The number of aromatic nitrogens is 1. The van der Waals surface area contributed by atoms with Gasteiger partial charge in [0.2, 0.25) is 0 Å². The van der Waals surface area contributed by atoms with Crippen LogP contribution in [-0.4, -0.2) is 10.9 Å². The van der Waals surface area contributed by atoms with Crippen molar-refractivity contribution in [1.82, 2.24) is 4.98 Å². The lowest BCUT2D eigenvalue weighted by Gasteiger charge is -2.09. The minimum atomic E-state index is -0.436. The molecule has 0 radical (unpaired) electrons. The molecule has 5 heteroatoms. The van der Waals surface area contributed by atoms with Gasteiger partial charge in [-0.1, -0.05) is 17.7 Å². The first-order chi connectivity index (χ1) is 10.0. The number of benzene rings is 1. The minimum absolute atomic E-state index is 0.436. The highest BCUT2D eigenvalue weighted by atomic mass is 32.1. The molecule has 0 aliphatic rings. The van der Waals surface area contributed by atoms with E-state index in [0.29, 0.717) is 10.6 Å². The first kappa shape index (κ1) is 13.6. The molecule has 0 aliphatic carbocycles. The topological polar surface area (TPSA) is 65.2 Å². The fourth-order valence-corrected chi connectivity index (χ4v) is 3.07. The number of carbonyl (C=O) groups is 1. The molecule has 4 nitrogen and oxygen atoms in total.